The van der Waals surface area contributed by atoms with E-state index in [4.69, 9.17) is 4.74 Å². The molecule has 3 rings (SSSR count). The fourth-order valence-electron chi connectivity index (χ4n) is 3.03. The number of halogens is 1. The second-order valence-electron chi connectivity index (χ2n) is 5.27. The van der Waals surface area contributed by atoms with E-state index in [1.54, 1.807) is 7.11 Å². The summed E-state index contributed by atoms with van der Waals surface area (Å²) in [6.45, 7) is 0. The Morgan fingerprint density at radius 3 is 2.80 bits per heavy atom. The van der Waals surface area contributed by atoms with Gasteiger partial charge in [-0.3, -0.25) is 0 Å². The molecule has 0 aliphatic heterocycles. The Balaban J connectivity index is 1.85. The molecule has 1 N–H and O–H groups in total. The van der Waals surface area contributed by atoms with Gasteiger partial charge in [0, 0.05) is 4.47 Å². The molecule has 0 radical (unpaired) electrons. The average molecular weight is 333 g/mol. The van der Waals surface area contributed by atoms with Gasteiger partial charge < -0.3 is 9.84 Å². The molecular formula is C17H17BrO2. The van der Waals surface area contributed by atoms with Crippen LogP contribution in [0.4, 0.5) is 0 Å². The van der Waals surface area contributed by atoms with Crippen LogP contribution in [0.2, 0.25) is 0 Å². The lowest BCUT2D eigenvalue weighted by atomic mass is 9.94. The number of methoxy groups -OCH3 is 1. The lowest BCUT2D eigenvalue weighted by molar-refractivity contribution is 0.123. The van der Waals surface area contributed by atoms with Crippen LogP contribution in [-0.4, -0.2) is 12.2 Å². The summed E-state index contributed by atoms with van der Waals surface area (Å²) < 4.78 is 6.46. The normalized spacial score (nSPS) is 20.8. The molecule has 0 spiro atoms. The predicted octanol–water partition coefficient (Wildman–Crippen LogP) is 3.91. The van der Waals surface area contributed by atoms with Gasteiger partial charge in [0.15, 0.2) is 0 Å². The first-order chi connectivity index (χ1) is 9.69. The summed E-state index contributed by atoms with van der Waals surface area (Å²) in [5, 5.41) is 10.5. The average Bonchev–Trinajstić information content (AvgIpc) is 2.76. The molecular weight excluding hydrogens is 316 g/mol. The molecule has 0 aromatic heterocycles. The molecule has 0 bridgehead atoms. The number of hydrogen-bond donors (Lipinski definition) is 1. The number of aliphatic hydroxyl groups excluding tert-OH is 1. The topological polar surface area (TPSA) is 29.5 Å². The monoisotopic (exact) mass is 332 g/mol. The van der Waals surface area contributed by atoms with Crippen LogP contribution < -0.4 is 4.74 Å². The number of fused-ring (bicyclic) bond motifs is 1. The van der Waals surface area contributed by atoms with Crippen LogP contribution in [0.3, 0.4) is 0 Å². The van der Waals surface area contributed by atoms with Gasteiger partial charge in [-0.25, -0.2) is 0 Å². The molecule has 1 aliphatic carbocycles. The largest absolute Gasteiger partial charge is 0.496 e. The van der Waals surface area contributed by atoms with Gasteiger partial charge >= 0.3 is 0 Å². The van der Waals surface area contributed by atoms with E-state index >= 15 is 0 Å². The van der Waals surface area contributed by atoms with E-state index in [2.05, 4.69) is 28.1 Å². The highest BCUT2D eigenvalue weighted by Crippen LogP contribution is 2.39. The maximum atomic E-state index is 10.5. The quantitative estimate of drug-likeness (QED) is 0.923. The van der Waals surface area contributed by atoms with E-state index in [1.807, 2.05) is 30.3 Å². The summed E-state index contributed by atoms with van der Waals surface area (Å²) in [5.41, 5.74) is 3.48. The van der Waals surface area contributed by atoms with Crippen molar-refractivity contribution in [2.24, 2.45) is 5.92 Å². The molecule has 0 saturated carbocycles. The van der Waals surface area contributed by atoms with E-state index in [0.29, 0.717) is 0 Å². The third-order valence-electron chi connectivity index (χ3n) is 4.03. The summed E-state index contributed by atoms with van der Waals surface area (Å²) in [7, 11) is 1.69. The first-order valence-corrected chi connectivity index (χ1v) is 7.56. The van der Waals surface area contributed by atoms with Gasteiger partial charge in [0.05, 0.1) is 13.2 Å². The molecule has 2 atom stereocenters. The molecule has 2 unspecified atom stereocenters. The van der Waals surface area contributed by atoms with Gasteiger partial charge in [-0.1, -0.05) is 40.2 Å². The Morgan fingerprint density at radius 2 is 2.05 bits per heavy atom. The van der Waals surface area contributed by atoms with Crippen LogP contribution in [-0.2, 0) is 12.8 Å². The molecule has 20 heavy (non-hydrogen) atoms. The molecule has 3 heteroatoms. The van der Waals surface area contributed by atoms with Crippen LogP contribution in [0.1, 0.15) is 22.8 Å². The van der Waals surface area contributed by atoms with Crippen LogP contribution in [0.15, 0.2) is 46.9 Å². The van der Waals surface area contributed by atoms with Gasteiger partial charge in [0.1, 0.15) is 5.75 Å². The Bertz CT molecular complexity index is 624. The Hall–Kier alpha value is -1.32. The minimum absolute atomic E-state index is 0.218. The van der Waals surface area contributed by atoms with Gasteiger partial charge in [0.25, 0.3) is 0 Å². The van der Waals surface area contributed by atoms with Crippen molar-refractivity contribution in [3.05, 3.63) is 63.6 Å². The van der Waals surface area contributed by atoms with Crippen LogP contribution >= 0.6 is 15.9 Å². The molecule has 2 aromatic carbocycles. The minimum Gasteiger partial charge on any atom is -0.496 e. The van der Waals surface area contributed by atoms with E-state index in [1.165, 1.54) is 5.56 Å². The molecule has 0 saturated heterocycles. The maximum Gasteiger partial charge on any atom is 0.122 e. The third-order valence-corrected chi connectivity index (χ3v) is 4.52. The highest BCUT2D eigenvalue weighted by molar-refractivity contribution is 9.10. The predicted molar refractivity (Wildman–Crippen MR) is 83.0 cm³/mol. The van der Waals surface area contributed by atoms with Crippen molar-refractivity contribution in [1.29, 1.82) is 0 Å². The molecule has 1 aliphatic rings. The summed E-state index contributed by atoms with van der Waals surface area (Å²) in [6, 6.07) is 14.2. The number of rotatable bonds is 3. The summed E-state index contributed by atoms with van der Waals surface area (Å²) in [4.78, 5) is 0. The smallest absolute Gasteiger partial charge is 0.122 e. The van der Waals surface area contributed by atoms with Crippen LogP contribution in [0, 0.1) is 5.92 Å². The van der Waals surface area contributed by atoms with Crippen LogP contribution in [0.5, 0.6) is 5.75 Å². The van der Waals surface area contributed by atoms with Gasteiger partial charge in [-0.2, -0.15) is 0 Å². The molecule has 2 aromatic rings. The van der Waals surface area contributed by atoms with Gasteiger partial charge in [-0.15, -0.1) is 0 Å². The third kappa shape index (κ3) is 2.48. The van der Waals surface area contributed by atoms with Crippen molar-refractivity contribution < 1.29 is 9.84 Å². The lowest BCUT2D eigenvalue weighted by Gasteiger charge is -2.17. The second-order valence-corrected chi connectivity index (χ2v) is 6.18. The zero-order valence-corrected chi connectivity index (χ0v) is 12.9. The van der Waals surface area contributed by atoms with E-state index in [0.717, 1.165) is 34.2 Å². The SMILES string of the molecule is COc1ccc(Br)cc1CC1Cc2ccccc2C1O. The Kier molecular flexibility index (Phi) is 3.81. The molecule has 0 heterocycles. The van der Waals surface area contributed by atoms with E-state index in [-0.39, 0.29) is 12.0 Å². The minimum atomic E-state index is -0.380. The van der Waals surface area contributed by atoms with Crippen molar-refractivity contribution in [3.8, 4) is 5.75 Å². The number of aliphatic hydroxyl groups is 1. The highest BCUT2D eigenvalue weighted by atomic mass is 79.9. The maximum absolute atomic E-state index is 10.5. The zero-order valence-electron chi connectivity index (χ0n) is 11.3. The highest BCUT2D eigenvalue weighted by Gasteiger charge is 2.31. The lowest BCUT2D eigenvalue weighted by Crippen LogP contribution is -2.11. The standard InChI is InChI=1S/C17H17BrO2/c1-20-16-7-6-14(18)10-12(16)9-13-8-11-4-2-3-5-15(11)17(13)19/h2-7,10,13,17,19H,8-9H2,1H3. The molecule has 104 valence electrons. The van der Waals surface area contributed by atoms with E-state index < -0.39 is 0 Å². The van der Waals surface area contributed by atoms with Gasteiger partial charge in [0.2, 0.25) is 0 Å². The molecule has 0 fully saturated rings. The first kappa shape index (κ1) is 13.7. The summed E-state index contributed by atoms with van der Waals surface area (Å²) in [6.07, 6.45) is 1.36. The fraction of sp³-hybridized carbons (Fsp3) is 0.294. The van der Waals surface area contributed by atoms with Crippen LogP contribution in [0.25, 0.3) is 0 Å². The zero-order chi connectivity index (χ0) is 14.1. The van der Waals surface area contributed by atoms with Crippen molar-refractivity contribution >= 4 is 15.9 Å². The Labute approximate surface area is 127 Å². The second kappa shape index (κ2) is 5.58. The fourth-order valence-corrected chi connectivity index (χ4v) is 3.44. The summed E-state index contributed by atoms with van der Waals surface area (Å²) >= 11 is 3.50. The molecule has 0 amide bonds. The van der Waals surface area contributed by atoms with E-state index in [9.17, 15) is 5.11 Å². The van der Waals surface area contributed by atoms with Crippen molar-refractivity contribution in [2.45, 2.75) is 18.9 Å². The van der Waals surface area contributed by atoms with Crippen molar-refractivity contribution in [2.75, 3.05) is 7.11 Å². The number of hydrogen-bond acceptors (Lipinski definition) is 2. The summed E-state index contributed by atoms with van der Waals surface area (Å²) in [5.74, 6) is 1.10. The number of ether oxygens (including phenoxy) is 1. The Morgan fingerprint density at radius 1 is 1.25 bits per heavy atom. The first-order valence-electron chi connectivity index (χ1n) is 6.77. The molecule has 2 nitrogen and oxygen atoms in total. The van der Waals surface area contributed by atoms with Gasteiger partial charge in [-0.05, 0) is 53.6 Å². The van der Waals surface area contributed by atoms with Crippen molar-refractivity contribution in [3.63, 3.8) is 0 Å². The van der Waals surface area contributed by atoms with Crippen molar-refractivity contribution in [1.82, 2.24) is 0 Å². The number of benzene rings is 2.